The average Bonchev–Trinajstić information content (AvgIpc) is 2.87. The molecule has 1 aliphatic rings. The summed E-state index contributed by atoms with van der Waals surface area (Å²) < 4.78 is 0. The van der Waals surface area contributed by atoms with Crippen molar-refractivity contribution in [1.82, 2.24) is 10.2 Å². The Labute approximate surface area is 121 Å². The molecule has 2 heterocycles. The molecule has 3 rings (SSSR count). The van der Waals surface area contributed by atoms with Crippen molar-refractivity contribution in [2.45, 2.75) is 25.8 Å². The Kier molecular flexibility index (Phi) is 3.64. The largest absolute Gasteiger partial charge is 0.363 e. The van der Waals surface area contributed by atoms with E-state index in [4.69, 9.17) is 0 Å². The molecular weight excluding hydrogens is 272 g/mol. The van der Waals surface area contributed by atoms with E-state index >= 15 is 0 Å². The normalized spacial score (nSPS) is 14.8. The van der Waals surface area contributed by atoms with Crippen molar-refractivity contribution in [3.63, 3.8) is 0 Å². The number of rotatable bonds is 3. The first-order chi connectivity index (χ1) is 9.78. The summed E-state index contributed by atoms with van der Waals surface area (Å²) in [5, 5.41) is 12.7. The molecule has 0 atom stereocenters. The molecule has 1 aromatic heterocycles. The highest BCUT2D eigenvalue weighted by Gasteiger charge is 2.23. The van der Waals surface area contributed by atoms with Crippen LogP contribution in [0, 0.1) is 0 Å². The first-order valence-electron chi connectivity index (χ1n) is 6.66. The van der Waals surface area contributed by atoms with Gasteiger partial charge in [0.2, 0.25) is 11.0 Å². The predicted octanol–water partition coefficient (Wildman–Crippen LogP) is 2.45. The molecule has 6 heteroatoms. The summed E-state index contributed by atoms with van der Waals surface area (Å²) in [5.74, 6) is 0.163. The molecule has 104 valence electrons. The molecule has 0 spiro atoms. The monoisotopic (exact) mass is 288 g/mol. The number of nitrogens with zero attached hydrogens (tertiary/aromatic N) is 3. The molecule has 1 N–H and O–H groups in total. The number of hydrogen-bond acceptors (Lipinski definition) is 5. The molecule has 2 aromatic rings. The molecule has 0 fully saturated rings. The van der Waals surface area contributed by atoms with Gasteiger partial charge >= 0.3 is 0 Å². The third kappa shape index (κ3) is 2.51. The Hall–Kier alpha value is -1.95. The average molecular weight is 288 g/mol. The van der Waals surface area contributed by atoms with Gasteiger partial charge in [-0.15, -0.1) is 10.2 Å². The minimum Gasteiger partial charge on any atom is -0.363 e. The Bertz CT molecular complexity index is 625. The number of carbonyl (C=O) groups excluding carboxylic acids is 1. The van der Waals surface area contributed by atoms with Crippen LogP contribution in [0.5, 0.6) is 0 Å². The van der Waals surface area contributed by atoms with Crippen molar-refractivity contribution in [2.75, 3.05) is 17.3 Å². The highest BCUT2D eigenvalue weighted by Crippen LogP contribution is 2.29. The SMILES string of the molecule is CNc1nnc(CN2C(=O)CCCc3ccccc32)s1. The van der Waals surface area contributed by atoms with E-state index in [1.807, 2.05) is 30.1 Å². The van der Waals surface area contributed by atoms with E-state index in [0.717, 1.165) is 28.7 Å². The molecule has 0 saturated heterocycles. The molecular formula is C14H16N4OS. The van der Waals surface area contributed by atoms with Crippen LogP contribution < -0.4 is 10.2 Å². The minimum atomic E-state index is 0.163. The maximum Gasteiger partial charge on any atom is 0.227 e. The molecule has 0 bridgehead atoms. The Morgan fingerprint density at radius 2 is 2.15 bits per heavy atom. The van der Waals surface area contributed by atoms with E-state index in [2.05, 4.69) is 21.6 Å². The standard InChI is InChI=1S/C14H16N4OS/c1-15-14-17-16-12(20-14)9-18-11-7-3-2-5-10(11)6-4-8-13(18)19/h2-3,5,7H,4,6,8-9H2,1H3,(H,15,17). The van der Waals surface area contributed by atoms with Crippen molar-refractivity contribution in [3.8, 4) is 0 Å². The van der Waals surface area contributed by atoms with Crippen LogP contribution >= 0.6 is 11.3 Å². The van der Waals surface area contributed by atoms with Crippen LogP contribution in [0.3, 0.4) is 0 Å². The van der Waals surface area contributed by atoms with Gasteiger partial charge < -0.3 is 10.2 Å². The van der Waals surface area contributed by atoms with Gasteiger partial charge in [-0.1, -0.05) is 29.5 Å². The van der Waals surface area contributed by atoms with Gasteiger partial charge in [0.05, 0.1) is 6.54 Å². The van der Waals surface area contributed by atoms with Crippen LogP contribution in [0.1, 0.15) is 23.4 Å². The van der Waals surface area contributed by atoms with E-state index in [1.54, 1.807) is 0 Å². The second kappa shape index (κ2) is 5.58. The van der Waals surface area contributed by atoms with E-state index in [-0.39, 0.29) is 5.91 Å². The van der Waals surface area contributed by atoms with Gasteiger partial charge in [-0.05, 0) is 24.5 Å². The van der Waals surface area contributed by atoms with Crippen LogP contribution in [0.15, 0.2) is 24.3 Å². The van der Waals surface area contributed by atoms with E-state index in [9.17, 15) is 4.79 Å². The third-order valence-electron chi connectivity index (χ3n) is 3.39. The maximum atomic E-state index is 12.3. The number of para-hydroxylation sites is 1. The van der Waals surface area contributed by atoms with Crippen molar-refractivity contribution < 1.29 is 4.79 Å². The number of anilines is 2. The summed E-state index contributed by atoms with van der Waals surface area (Å²) in [6.45, 7) is 0.495. The lowest BCUT2D eigenvalue weighted by Gasteiger charge is -2.21. The first kappa shape index (κ1) is 13.1. The van der Waals surface area contributed by atoms with Crippen LogP contribution in [-0.2, 0) is 17.8 Å². The fraction of sp³-hybridized carbons (Fsp3) is 0.357. The lowest BCUT2D eigenvalue weighted by molar-refractivity contribution is -0.118. The highest BCUT2D eigenvalue weighted by atomic mass is 32.1. The maximum absolute atomic E-state index is 12.3. The zero-order chi connectivity index (χ0) is 13.9. The number of aromatic nitrogens is 2. The molecule has 1 amide bonds. The third-order valence-corrected chi connectivity index (χ3v) is 4.32. The summed E-state index contributed by atoms with van der Waals surface area (Å²) in [5.41, 5.74) is 2.24. The van der Waals surface area contributed by atoms with E-state index in [0.29, 0.717) is 13.0 Å². The second-order valence-electron chi connectivity index (χ2n) is 4.71. The molecule has 1 aliphatic heterocycles. The van der Waals surface area contributed by atoms with Crippen LogP contribution in [0.25, 0.3) is 0 Å². The predicted molar refractivity (Wildman–Crippen MR) is 80.0 cm³/mol. The minimum absolute atomic E-state index is 0.163. The second-order valence-corrected chi connectivity index (χ2v) is 5.78. The van der Waals surface area contributed by atoms with E-state index in [1.165, 1.54) is 16.9 Å². The first-order valence-corrected chi connectivity index (χ1v) is 7.48. The number of hydrogen-bond donors (Lipinski definition) is 1. The van der Waals surface area contributed by atoms with Gasteiger partial charge in [-0.3, -0.25) is 4.79 Å². The molecule has 5 nitrogen and oxygen atoms in total. The van der Waals surface area contributed by atoms with Gasteiger partial charge in [0.15, 0.2) is 0 Å². The number of fused-ring (bicyclic) bond motifs is 1. The Morgan fingerprint density at radius 1 is 1.30 bits per heavy atom. The summed E-state index contributed by atoms with van der Waals surface area (Å²) in [4.78, 5) is 14.2. The van der Waals surface area contributed by atoms with Gasteiger partial charge in [0, 0.05) is 19.2 Å². The fourth-order valence-electron chi connectivity index (χ4n) is 2.41. The quantitative estimate of drug-likeness (QED) is 0.942. The van der Waals surface area contributed by atoms with Gasteiger partial charge in [-0.2, -0.15) is 0 Å². The van der Waals surface area contributed by atoms with Crippen LogP contribution in [-0.4, -0.2) is 23.2 Å². The smallest absolute Gasteiger partial charge is 0.227 e. The molecule has 0 radical (unpaired) electrons. The number of amides is 1. The lowest BCUT2D eigenvalue weighted by atomic mass is 10.1. The molecule has 0 unspecified atom stereocenters. The number of carbonyl (C=O) groups is 1. The van der Waals surface area contributed by atoms with Gasteiger partial charge in [-0.25, -0.2) is 0 Å². The number of nitrogens with one attached hydrogen (secondary N) is 1. The topological polar surface area (TPSA) is 58.1 Å². The van der Waals surface area contributed by atoms with Crippen LogP contribution in [0.2, 0.25) is 0 Å². The molecule has 0 aliphatic carbocycles. The fourth-order valence-corrected chi connectivity index (χ4v) is 3.09. The van der Waals surface area contributed by atoms with Crippen molar-refractivity contribution >= 4 is 28.1 Å². The summed E-state index contributed by atoms with van der Waals surface area (Å²) in [6, 6.07) is 8.11. The molecule has 1 aromatic carbocycles. The summed E-state index contributed by atoms with van der Waals surface area (Å²) in [6.07, 6.45) is 2.45. The van der Waals surface area contributed by atoms with Gasteiger partial charge in [0.1, 0.15) is 5.01 Å². The highest BCUT2D eigenvalue weighted by molar-refractivity contribution is 7.15. The molecule has 20 heavy (non-hydrogen) atoms. The van der Waals surface area contributed by atoms with Crippen molar-refractivity contribution in [1.29, 1.82) is 0 Å². The zero-order valence-electron chi connectivity index (χ0n) is 11.3. The summed E-state index contributed by atoms with van der Waals surface area (Å²) in [7, 11) is 1.82. The zero-order valence-corrected chi connectivity index (χ0v) is 12.1. The van der Waals surface area contributed by atoms with E-state index < -0.39 is 0 Å². The number of aryl methyl sites for hydroxylation is 1. The Morgan fingerprint density at radius 3 is 2.95 bits per heavy atom. The van der Waals surface area contributed by atoms with Crippen LogP contribution in [0.4, 0.5) is 10.8 Å². The van der Waals surface area contributed by atoms with Crippen molar-refractivity contribution in [3.05, 3.63) is 34.8 Å². The number of benzene rings is 1. The van der Waals surface area contributed by atoms with Crippen molar-refractivity contribution in [2.24, 2.45) is 0 Å². The summed E-state index contributed by atoms with van der Waals surface area (Å²) >= 11 is 1.48. The lowest BCUT2D eigenvalue weighted by Crippen LogP contribution is -2.29. The Balaban J connectivity index is 1.91. The molecule has 0 saturated carbocycles. The van der Waals surface area contributed by atoms with Gasteiger partial charge in [0.25, 0.3) is 0 Å².